The number of ether oxygens (including phenoxy) is 2. The standard InChI is InChI=1S/C27H19FN2O5S/c1-14-2-8-18-21(12-14)36-27(29-18)30-23(15-3-6-17(28)7-4-15)22(25(32)26(30)33)24(31)16-5-9-19-20(13-16)35-11-10-34-19/h2-9,12-13,23,31H,10-11H2,1H3/b24-22+/t23-/m0/s1. The number of aromatic nitrogens is 1. The van der Waals surface area contributed by atoms with Crippen molar-refractivity contribution in [3.63, 3.8) is 0 Å². The average molecular weight is 503 g/mol. The molecule has 0 unspecified atom stereocenters. The zero-order valence-electron chi connectivity index (χ0n) is 19.0. The number of rotatable bonds is 3. The summed E-state index contributed by atoms with van der Waals surface area (Å²) in [5.41, 5.74) is 2.37. The Morgan fingerprint density at radius 3 is 2.56 bits per heavy atom. The van der Waals surface area contributed by atoms with E-state index in [0.29, 0.717) is 46.5 Å². The molecule has 0 bridgehead atoms. The molecule has 4 aromatic rings. The molecule has 1 atom stereocenters. The molecular weight excluding hydrogens is 483 g/mol. The molecule has 1 fully saturated rings. The minimum atomic E-state index is -1.000. The van der Waals surface area contributed by atoms with Crippen LogP contribution in [0.15, 0.2) is 66.2 Å². The summed E-state index contributed by atoms with van der Waals surface area (Å²) in [6.07, 6.45) is 0. The summed E-state index contributed by atoms with van der Waals surface area (Å²) in [5, 5.41) is 11.6. The largest absolute Gasteiger partial charge is 0.507 e. The fourth-order valence-corrected chi connectivity index (χ4v) is 5.55. The molecule has 1 amide bonds. The van der Waals surface area contributed by atoms with Crippen LogP contribution in [-0.4, -0.2) is 35.0 Å². The highest BCUT2D eigenvalue weighted by Crippen LogP contribution is 2.45. The molecule has 0 aliphatic carbocycles. The predicted molar refractivity (Wildman–Crippen MR) is 133 cm³/mol. The van der Waals surface area contributed by atoms with E-state index in [-0.39, 0.29) is 11.3 Å². The number of halogens is 1. The fourth-order valence-electron chi connectivity index (χ4n) is 4.46. The highest BCUT2D eigenvalue weighted by molar-refractivity contribution is 7.22. The number of Topliss-reactive ketones (excluding diaryl/α,β-unsaturated/α-hetero) is 1. The van der Waals surface area contributed by atoms with E-state index < -0.39 is 23.5 Å². The van der Waals surface area contributed by atoms with E-state index in [2.05, 4.69) is 4.98 Å². The summed E-state index contributed by atoms with van der Waals surface area (Å²) in [7, 11) is 0. The van der Waals surface area contributed by atoms with Crippen molar-refractivity contribution in [1.82, 2.24) is 4.98 Å². The lowest BCUT2D eigenvalue weighted by Gasteiger charge is -2.23. The number of hydrogen-bond donors (Lipinski definition) is 1. The van der Waals surface area contributed by atoms with Gasteiger partial charge in [0.25, 0.3) is 5.78 Å². The Hall–Kier alpha value is -4.24. The Morgan fingerprint density at radius 2 is 1.78 bits per heavy atom. The Morgan fingerprint density at radius 1 is 1.03 bits per heavy atom. The molecule has 180 valence electrons. The summed E-state index contributed by atoms with van der Waals surface area (Å²) >= 11 is 1.27. The van der Waals surface area contributed by atoms with Gasteiger partial charge in [-0.05, 0) is 60.5 Å². The fraction of sp³-hybridized carbons (Fsp3) is 0.148. The zero-order chi connectivity index (χ0) is 25.0. The molecule has 3 heterocycles. The van der Waals surface area contributed by atoms with Crippen LogP contribution in [0.3, 0.4) is 0 Å². The molecule has 1 N–H and O–H groups in total. The lowest BCUT2D eigenvalue weighted by Crippen LogP contribution is -2.29. The number of carbonyl (C=O) groups is 2. The molecule has 1 saturated heterocycles. The molecule has 6 rings (SSSR count). The maximum Gasteiger partial charge on any atom is 0.301 e. The summed E-state index contributed by atoms with van der Waals surface area (Å²) < 4.78 is 25.8. The third-order valence-corrected chi connectivity index (χ3v) is 7.20. The van der Waals surface area contributed by atoms with Crippen molar-refractivity contribution in [2.24, 2.45) is 0 Å². The van der Waals surface area contributed by atoms with Crippen LogP contribution in [0.1, 0.15) is 22.7 Å². The van der Waals surface area contributed by atoms with E-state index in [1.807, 2.05) is 25.1 Å². The number of benzene rings is 3. The molecule has 2 aliphatic heterocycles. The number of thiazole rings is 1. The molecule has 1 aromatic heterocycles. The van der Waals surface area contributed by atoms with E-state index in [9.17, 15) is 19.1 Å². The monoisotopic (exact) mass is 502 g/mol. The number of carbonyl (C=O) groups excluding carboxylic acids is 2. The number of aliphatic hydroxyl groups is 1. The van der Waals surface area contributed by atoms with Crippen LogP contribution in [-0.2, 0) is 9.59 Å². The number of fused-ring (bicyclic) bond motifs is 2. The summed E-state index contributed by atoms with van der Waals surface area (Å²) in [5.74, 6) is -1.54. The lowest BCUT2D eigenvalue weighted by molar-refractivity contribution is -0.132. The quantitative estimate of drug-likeness (QED) is 0.237. The molecule has 3 aromatic carbocycles. The summed E-state index contributed by atoms with van der Waals surface area (Å²) in [6.45, 7) is 2.72. The van der Waals surface area contributed by atoms with Crippen molar-refractivity contribution in [2.75, 3.05) is 18.1 Å². The maximum absolute atomic E-state index is 13.8. The van der Waals surface area contributed by atoms with Gasteiger partial charge in [0.2, 0.25) is 0 Å². The first-order valence-corrected chi connectivity index (χ1v) is 12.1. The molecule has 36 heavy (non-hydrogen) atoms. The molecular formula is C27H19FN2O5S. The first-order valence-electron chi connectivity index (χ1n) is 11.2. The summed E-state index contributed by atoms with van der Waals surface area (Å²) in [6, 6.07) is 15.0. The van der Waals surface area contributed by atoms with Gasteiger partial charge in [0.05, 0.1) is 21.8 Å². The van der Waals surface area contributed by atoms with E-state index in [1.54, 1.807) is 18.2 Å². The van der Waals surface area contributed by atoms with Crippen molar-refractivity contribution in [3.05, 3.63) is 88.7 Å². The van der Waals surface area contributed by atoms with Gasteiger partial charge in [-0.3, -0.25) is 14.5 Å². The van der Waals surface area contributed by atoms with Crippen molar-refractivity contribution < 1.29 is 28.6 Å². The second kappa shape index (κ2) is 8.46. The van der Waals surface area contributed by atoms with Crippen molar-refractivity contribution in [2.45, 2.75) is 13.0 Å². The minimum absolute atomic E-state index is 0.112. The maximum atomic E-state index is 13.8. The van der Waals surface area contributed by atoms with Gasteiger partial charge < -0.3 is 14.6 Å². The van der Waals surface area contributed by atoms with Crippen LogP contribution >= 0.6 is 11.3 Å². The first-order chi connectivity index (χ1) is 17.4. The number of hydrogen-bond acceptors (Lipinski definition) is 7. The second-order valence-corrected chi connectivity index (χ2v) is 9.56. The van der Waals surface area contributed by atoms with Crippen LogP contribution in [0, 0.1) is 12.7 Å². The Labute approximate surface area is 209 Å². The second-order valence-electron chi connectivity index (χ2n) is 8.55. The van der Waals surface area contributed by atoms with Gasteiger partial charge in [-0.1, -0.05) is 29.5 Å². The van der Waals surface area contributed by atoms with Gasteiger partial charge in [-0.25, -0.2) is 9.37 Å². The lowest BCUT2D eigenvalue weighted by atomic mass is 9.95. The van der Waals surface area contributed by atoms with Crippen LogP contribution in [0.2, 0.25) is 0 Å². The first kappa shape index (κ1) is 22.2. The van der Waals surface area contributed by atoms with Crippen LogP contribution < -0.4 is 14.4 Å². The topological polar surface area (TPSA) is 89.0 Å². The van der Waals surface area contributed by atoms with Gasteiger partial charge in [0.1, 0.15) is 24.8 Å². The van der Waals surface area contributed by atoms with Gasteiger partial charge in [-0.15, -0.1) is 0 Å². The smallest absolute Gasteiger partial charge is 0.301 e. The Bertz CT molecular complexity index is 1580. The predicted octanol–water partition coefficient (Wildman–Crippen LogP) is 5.14. The van der Waals surface area contributed by atoms with Gasteiger partial charge in [-0.2, -0.15) is 0 Å². The normalized spacial score (nSPS) is 18.7. The number of aliphatic hydroxyl groups excluding tert-OH is 1. The van der Waals surface area contributed by atoms with Crippen molar-refractivity contribution >= 4 is 44.1 Å². The van der Waals surface area contributed by atoms with E-state index in [0.717, 1.165) is 10.3 Å². The van der Waals surface area contributed by atoms with E-state index in [4.69, 9.17) is 9.47 Å². The molecule has 0 radical (unpaired) electrons. The third-order valence-electron chi connectivity index (χ3n) is 6.18. The summed E-state index contributed by atoms with van der Waals surface area (Å²) in [4.78, 5) is 32.6. The molecule has 0 spiro atoms. The zero-order valence-corrected chi connectivity index (χ0v) is 19.8. The van der Waals surface area contributed by atoms with Crippen LogP contribution in [0.4, 0.5) is 9.52 Å². The Kier molecular flexibility index (Phi) is 5.22. The van der Waals surface area contributed by atoms with Crippen molar-refractivity contribution in [1.29, 1.82) is 0 Å². The number of aryl methyl sites for hydroxylation is 1. The van der Waals surface area contributed by atoms with E-state index >= 15 is 0 Å². The van der Waals surface area contributed by atoms with Gasteiger partial charge in [0, 0.05) is 5.56 Å². The molecule has 0 saturated carbocycles. The Balaban J connectivity index is 1.54. The average Bonchev–Trinajstić information content (AvgIpc) is 3.41. The number of nitrogens with zero attached hydrogens (tertiary/aromatic N) is 2. The number of amides is 1. The number of ketones is 1. The molecule has 7 nitrogen and oxygen atoms in total. The minimum Gasteiger partial charge on any atom is -0.507 e. The van der Waals surface area contributed by atoms with Gasteiger partial charge in [0.15, 0.2) is 16.6 Å². The highest BCUT2D eigenvalue weighted by Gasteiger charge is 2.48. The van der Waals surface area contributed by atoms with Crippen LogP contribution in [0.5, 0.6) is 11.5 Å². The van der Waals surface area contributed by atoms with Gasteiger partial charge >= 0.3 is 5.91 Å². The SMILES string of the molecule is Cc1ccc2nc(N3C(=O)C(=O)/C(=C(/O)c4ccc5c(c4)OCCO5)[C@@H]3c3ccc(F)cc3)sc2c1. The van der Waals surface area contributed by atoms with E-state index in [1.165, 1.54) is 40.5 Å². The highest BCUT2D eigenvalue weighted by atomic mass is 32.1. The van der Waals surface area contributed by atoms with Crippen molar-refractivity contribution in [3.8, 4) is 11.5 Å². The molecule has 2 aliphatic rings. The van der Waals surface area contributed by atoms with Crippen LogP contribution in [0.25, 0.3) is 16.0 Å². The number of anilines is 1. The third kappa shape index (κ3) is 3.59. The molecule has 9 heteroatoms.